The Morgan fingerprint density at radius 2 is 1.76 bits per heavy atom. The zero-order valence-electron chi connectivity index (χ0n) is 11.0. The largest absolute Gasteiger partial charge is 0.302 e. The number of hydrogen-bond donors (Lipinski definition) is 0. The van der Waals surface area contributed by atoms with E-state index in [1.54, 1.807) is 0 Å². The Bertz CT molecular complexity index is 210. The molecule has 0 saturated carbocycles. The number of hydrogen-bond acceptors (Lipinski definition) is 2. The van der Waals surface area contributed by atoms with Gasteiger partial charge >= 0.3 is 0 Å². The van der Waals surface area contributed by atoms with E-state index in [1.165, 1.54) is 77.7 Å². The first-order chi connectivity index (χ1) is 8.40. The number of alkyl halides is 1. The van der Waals surface area contributed by atoms with Gasteiger partial charge in [-0.3, -0.25) is 4.90 Å². The number of unbranched alkanes of at least 4 members (excludes halogenated alkanes) is 3. The van der Waals surface area contributed by atoms with Gasteiger partial charge in [0.15, 0.2) is 0 Å². The second kappa shape index (κ2) is 7.60. The van der Waals surface area contributed by atoms with E-state index in [1.807, 2.05) is 0 Å². The molecule has 1 atom stereocenters. The Balaban J connectivity index is 1.63. The molecule has 0 aromatic rings. The maximum Gasteiger partial charge on any atom is 0.0223 e. The Labute approximate surface area is 111 Å². The van der Waals surface area contributed by atoms with Crippen molar-refractivity contribution >= 4 is 11.6 Å². The molecule has 0 spiro atoms. The SMILES string of the molecule is ClCCCCCCN1CCCN2CCCC2C1. The minimum absolute atomic E-state index is 0.834. The first-order valence-corrected chi connectivity index (χ1v) is 7.96. The number of fused-ring (bicyclic) bond motifs is 1. The molecule has 0 bridgehead atoms. The van der Waals surface area contributed by atoms with Crippen LogP contribution in [-0.2, 0) is 0 Å². The predicted molar refractivity (Wildman–Crippen MR) is 74.8 cm³/mol. The van der Waals surface area contributed by atoms with E-state index in [2.05, 4.69) is 9.80 Å². The van der Waals surface area contributed by atoms with Gasteiger partial charge in [-0.2, -0.15) is 0 Å². The lowest BCUT2D eigenvalue weighted by Gasteiger charge is -2.25. The van der Waals surface area contributed by atoms with Crippen LogP contribution in [0.1, 0.15) is 44.9 Å². The van der Waals surface area contributed by atoms with Crippen molar-refractivity contribution in [3.05, 3.63) is 0 Å². The van der Waals surface area contributed by atoms with Crippen molar-refractivity contribution in [2.24, 2.45) is 0 Å². The smallest absolute Gasteiger partial charge is 0.0223 e. The van der Waals surface area contributed by atoms with Gasteiger partial charge in [0.25, 0.3) is 0 Å². The molecule has 2 saturated heterocycles. The summed E-state index contributed by atoms with van der Waals surface area (Å²) in [6, 6.07) is 0.875. The fraction of sp³-hybridized carbons (Fsp3) is 1.00. The molecule has 2 heterocycles. The molecular weight excluding hydrogens is 232 g/mol. The van der Waals surface area contributed by atoms with Crippen LogP contribution in [0.25, 0.3) is 0 Å². The predicted octanol–water partition coefficient (Wildman–Crippen LogP) is 2.96. The van der Waals surface area contributed by atoms with E-state index in [4.69, 9.17) is 11.6 Å². The average molecular weight is 259 g/mol. The normalized spacial score (nSPS) is 27.0. The molecule has 2 nitrogen and oxygen atoms in total. The minimum atomic E-state index is 0.834. The Morgan fingerprint density at radius 3 is 2.65 bits per heavy atom. The molecule has 2 aliphatic heterocycles. The summed E-state index contributed by atoms with van der Waals surface area (Å²) in [5.74, 6) is 0.834. The second-order valence-corrected chi connectivity index (χ2v) is 5.97. The van der Waals surface area contributed by atoms with Crippen LogP contribution < -0.4 is 0 Å². The zero-order valence-corrected chi connectivity index (χ0v) is 11.8. The summed E-state index contributed by atoms with van der Waals surface area (Å²) < 4.78 is 0. The van der Waals surface area contributed by atoms with Gasteiger partial charge in [0.2, 0.25) is 0 Å². The van der Waals surface area contributed by atoms with Crippen molar-refractivity contribution < 1.29 is 0 Å². The molecule has 0 aromatic heterocycles. The maximum atomic E-state index is 5.70. The molecule has 2 aliphatic rings. The quantitative estimate of drug-likeness (QED) is 0.534. The molecule has 2 rings (SSSR count). The standard InChI is InChI=1S/C14H27ClN2/c15-8-3-1-2-4-9-16-10-6-12-17-11-5-7-14(17)13-16/h14H,1-13H2. The van der Waals surface area contributed by atoms with E-state index in [-0.39, 0.29) is 0 Å². The van der Waals surface area contributed by atoms with Crippen LogP contribution in [0.15, 0.2) is 0 Å². The summed E-state index contributed by atoms with van der Waals surface area (Å²) in [6.07, 6.45) is 9.46. The Kier molecular flexibility index (Phi) is 6.10. The van der Waals surface area contributed by atoms with Gasteiger partial charge in [-0.15, -0.1) is 11.6 Å². The van der Waals surface area contributed by atoms with Gasteiger partial charge in [-0.1, -0.05) is 12.8 Å². The van der Waals surface area contributed by atoms with Crippen LogP contribution in [0.2, 0.25) is 0 Å². The summed E-state index contributed by atoms with van der Waals surface area (Å²) in [7, 11) is 0. The lowest BCUT2D eigenvalue weighted by atomic mass is 10.1. The van der Waals surface area contributed by atoms with Crippen LogP contribution in [0.3, 0.4) is 0 Å². The van der Waals surface area contributed by atoms with Crippen molar-refractivity contribution in [1.29, 1.82) is 0 Å². The number of rotatable bonds is 6. The average Bonchev–Trinajstić information content (AvgIpc) is 2.68. The molecule has 0 aliphatic carbocycles. The van der Waals surface area contributed by atoms with E-state index in [0.717, 1.165) is 11.9 Å². The molecule has 100 valence electrons. The van der Waals surface area contributed by atoms with Crippen LogP contribution in [-0.4, -0.2) is 54.4 Å². The third kappa shape index (κ3) is 4.42. The van der Waals surface area contributed by atoms with Crippen LogP contribution >= 0.6 is 11.6 Å². The molecular formula is C14H27ClN2. The Hall–Kier alpha value is 0.210. The van der Waals surface area contributed by atoms with E-state index in [0.29, 0.717) is 0 Å². The topological polar surface area (TPSA) is 6.48 Å². The van der Waals surface area contributed by atoms with Crippen molar-refractivity contribution in [1.82, 2.24) is 9.80 Å². The van der Waals surface area contributed by atoms with Crippen molar-refractivity contribution in [3.8, 4) is 0 Å². The highest BCUT2D eigenvalue weighted by Crippen LogP contribution is 2.21. The van der Waals surface area contributed by atoms with Gasteiger partial charge in [-0.25, -0.2) is 0 Å². The molecule has 0 N–H and O–H groups in total. The van der Waals surface area contributed by atoms with Gasteiger partial charge in [0, 0.05) is 18.5 Å². The summed E-state index contributed by atoms with van der Waals surface area (Å²) in [4.78, 5) is 5.42. The van der Waals surface area contributed by atoms with Crippen molar-refractivity contribution in [3.63, 3.8) is 0 Å². The second-order valence-electron chi connectivity index (χ2n) is 5.59. The number of halogens is 1. The van der Waals surface area contributed by atoms with Crippen molar-refractivity contribution in [2.45, 2.75) is 51.0 Å². The molecule has 0 radical (unpaired) electrons. The third-order valence-electron chi connectivity index (χ3n) is 4.25. The highest BCUT2D eigenvalue weighted by Gasteiger charge is 2.28. The highest BCUT2D eigenvalue weighted by atomic mass is 35.5. The lowest BCUT2D eigenvalue weighted by Crippen LogP contribution is -2.36. The van der Waals surface area contributed by atoms with Crippen LogP contribution in [0.4, 0.5) is 0 Å². The molecule has 17 heavy (non-hydrogen) atoms. The van der Waals surface area contributed by atoms with E-state index >= 15 is 0 Å². The van der Waals surface area contributed by atoms with Gasteiger partial charge in [0.05, 0.1) is 0 Å². The minimum Gasteiger partial charge on any atom is -0.302 e. The van der Waals surface area contributed by atoms with Gasteiger partial charge < -0.3 is 4.90 Å². The zero-order chi connectivity index (χ0) is 11.9. The fourth-order valence-electron chi connectivity index (χ4n) is 3.27. The molecule has 1 unspecified atom stereocenters. The first-order valence-electron chi connectivity index (χ1n) is 7.42. The summed E-state index contributed by atoms with van der Waals surface area (Å²) in [6.45, 7) is 6.66. The highest BCUT2D eigenvalue weighted by molar-refractivity contribution is 6.17. The monoisotopic (exact) mass is 258 g/mol. The Morgan fingerprint density at radius 1 is 0.941 bits per heavy atom. The third-order valence-corrected chi connectivity index (χ3v) is 4.51. The lowest BCUT2D eigenvalue weighted by molar-refractivity contribution is 0.217. The van der Waals surface area contributed by atoms with Gasteiger partial charge in [0.1, 0.15) is 0 Å². The van der Waals surface area contributed by atoms with Crippen LogP contribution in [0, 0.1) is 0 Å². The molecule has 2 fully saturated rings. The number of nitrogens with zero attached hydrogens (tertiary/aromatic N) is 2. The maximum absolute atomic E-state index is 5.70. The summed E-state index contributed by atoms with van der Waals surface area (Å²) in [5.41, 5.74) is 0. The fourth-order valence-corrected chi connectivity index (χ4v) is 3.46. The van der Waals surface area contributed by atoms with Crippen molar-refractivity contribution in [2.75, 3.05) is 38.6 Å². The summed E-state index contributed by atoms with van der Waals surface area (Å²) in [5, 5.41) is 0. The molecule has 0 aromatic carbocycles. The van der Waals surface area contributed by atoms with E-state index < -0.39 is 0 Å². The molecule has 3 heteroatoms. The first kappa shape index (κ1) is 13.6. The van der Waals surface area contributed by atoms with Crippen LogP contribution in [0.5, 0.6) is 0 Å². The van der Waals surface area contributed by atoms with E-state index in [9.17, 15) is 0 Å². The summed E-state index contributed by atoms with van der Waals surface area (Å²) >= 11 is 5.70. The molecule has 0 amide bonds. The van der Waals surface area contributed by atoms with Gasteiger partial charge in [-0.05, 0) is 58.3 Å².